The van der Waals surface area contributed by atoms with Gasteiger partial charge >= 0.3 is 0 Å². The first-order valence-corrected chi connectivity index (χ1v) is 12.7. The van der Waals surface area contributed by atoms with E-state index in [1.807, 2.05) is 13.8 Å². The molecule has 4 rings (SSSR count). The van der Waals surface area contributed by atoms with Crippen molar-refractivity contribution in [2.75, 3.05) is 39.9 Å². The van der Waals surface area contributed by atoms with Crippen molar-refractivity contribution in [2.45, 2.75) is 19.9 Å². The quantitative estimate of drug-likeness (QED) is 0.183. The maximum Gasteiger partial charge on any atom is 0.191 e. The van der Waals surface area contributed by atoms with E-state index in [0.717, 1.165) is 0 Å². The molecule has 1 unspecified atom stereocenters. The molecule has 208 valence electrons. The van der Waals surface area contributed by atoms with Crippen molar-refractivity contribution in [2.24, 2.45) is 0 Å². The lowest BCUT2D eigenvalue weighted by atomic mass is 9.95. The SMILES string of the molecule is CC.COc1cc(NC(C(=O)c2c[nH]c3c(Cl)c(OC)ccc23)c2ccc(F)cc2OC)cc(OCCO)c1. The molecule has 0 aliphatic carbocycles. The standard InChI is InChI=1S/C27H26ClFN2O6.C2H6/c1-34-17-11-16(12-18(13-17)37-9-8-32)31-26(20-5-4-15(29)10-23(20)36-3)27(33)21-14-30-25-19(21)6-7-22(35-2)24(25)28;1-2/h4-7,10-14,26,30-32H,8-9H2,1-3H3;1-2H3. The number of halogens is 2. The molecule has 0 aliphatic rings. The number of Topliss-reactive ketones (excluding diaryl/α,β-unsaturated/α-hetero) is 1. The summed E-state index contributed by atoms with van der Waals surface area (Å²) in [6.07, 6.45) is 1.57. The van der Waals surface area contributed by atoms with Gasteiger partial charge in [-0.05, 0) is 24.3 Å². The van der Waals surface area contributed by atoms with Crippen LogP contribution in [0.1, 0.15) is 35.8 Å². The van der Waals surface area contributed by atoms with Gasteiger partial charge in [0.1, 0.15) is 46.5 Å². The van der Waals surface area contributed by atoms with Gasteiger partial charge in [0, 0.05) is 52.7 Å². The van der Waals surface area contributed by atoms with Gasteiger partial charge in [0.15, 0.2) is 5.78 Å². The Labute approximate surface area is 231 Å². The van der Waals surface area contributed by atoms with Crippen LogP contribution in [0, 0.1) is 5.82 Å². The number of H-pyrrole nitrogens is 1. The Bertz CT molecular complexity index is 1420. The molecule has 0 saturated heterocycles. The normalized spacial score (nSPS) is 11.3. The highest BCUT2D eigenvalue weighted by atomic mass is 35.5. The van der Waals surface area contributed by atoms with Crippen LogP contribution in [0.4, 0.5) is 10.1 Å². The molecule has 0 amide bonds. The Hall–Kier alpha value is -3.95. The number of ether oxygens (including phenoxy) is 4. The van der Waals surface area contributed by atoms with Crippen molar-refractivity contribution in [3.05, 3.63) is 76.7 Å². The van der Waals surface area contributed by atoms with Crippen LogP contribution in [0.2, 0.25) is 5.02 Å². The maximum atomic E-state index is 14.1. The Morgan fingerprint density at radius 2 is 1.72 bits per heavy atom. The van der Waals surface area contributed by atoms with Crippen LogP contribution in [0.3, 0.4) is 0 Å². The molecule has 0 radical (unpaired) electrons. The number of anilines is 1. The fraction of sp³-hybridized carbons (Fsp3) is 0.276. The highest BCUT2D eigenvalue weighted by Gasteiger charge is 2.28. The van der Waals surface area contributed by atoms with Crippen molar-refractivity contribution >= 4 is 34.0 Å². The number of ketones is 1. The first-order valence-electron chi connectivity index (χ1n) is 12.3. The fourth-order valence-corrected chi connectivity index (χ4v) is 4.35. The zero-order valence-corrected chi connectivity index (χ0v) is 23.2. The number of aromatic nitrogens is 1. The minimum Gasteiger partial charge on any atom is -0.497 e. The van der Waals surface area contributed by atoms with Crippen LogP contribution in [-0.2, 0) is 0 Å². The van der Waals surface area contributed by atoms with Crippen LogP contribution in [0.25, 0.3) is 10.9 Å². The minimum absolute atomic E-state index is 0.0836. The van der Waals surface area contributed by atoms with Gasteiger partial charge in [-0.1, -0.05) is 25.4 Å². The number of benzene rings is 3. The molecule has 3 aromatic carbocycles. The number of hydrogen-bond acceptors (Lipinski definition) is 7. The second kappa shape index (κ2) is 13.7. The highest BCUT2D eigenvalue weighted by Crippen LogP contribution is 2.38. The van der Waals surface area contributed by atoms with Crippen molar-refractivity contribution in [3.8, 4) is 23.0 Å². The lowest BCUT2D eigenvalue weighted by Crippen LogP contribution is -2.22. The van der Waals surface area contributed by atoms with Crippen molar-refractivity contribution in [1.29, 1.82) is 0 Å². The Morgan fingerprint density at radius 1 is 1.00 bits per heavy atom. The molecule has 0 aliphatic heterocycles. The molecule has 1 atom stereocenters. The average molecular weight is 559 g/mol. The van der Waals surface area contributed by atoms with Gasteiger partial charge in [0.2, 0.25) is 0 Å². The second-order valence-electron chi connectivity index (χ2n) is 8.00. The first kappa shape index (κ1) is 29.6. The van der Waals surface area contributed by atoms with Gasteiger partial charge in [0.25, 0.3) is 0 Å². The number of carbonyl (C=O) groups is 1. The fourth-order valence-electron chi connectivity index (χ4n) is 4.06. The van der Waals surface area contributed by atoms with Gasteiger partial charge in [0.05, 0.1) is 33.5 Å². The van der Waals surface area contributed by atoms with Crippen molar-refractivity contribution in [1.82, 2.24) is 4.98 Å². The summed E-state index contributed by atoms with van der Waals surface area (Å²) >= 11 is 6.45. The summed E-state index contributed by atoms with van der Waals surface area (Å²) in [4.78, 5) is 17.1. The monoisotopic (exact) mass is 558 g/mol. The van der Waals surface area contributed by atoms with Crippen molar-refractivity contribution in [3.63, 3.8) is 0 Å². The van der Waals surface area contributed by atoms with E-state index in [0.29, 0.717) is 50.0 Å². The number of carbonyl (C=O) groups excluding carboxylic acids is 1. The molecule has 0 fully saturated rings. The second-order valence-corrected chi connectivity index (χ2v) is 8.38. The number of aliphatic hydroxyl groups excluding tert-OH is 1. The molecule has 39 heavy (non-hydrogen) atoms. The zero-order chi connectivity index (χ0) is 28.5. The predicted molar refractivity (Wildman–Crippen MR) is 150 cm³/mol. The molecular weight excluding hydrogens is 527 g/mol. The van der Waals surface area contributed by atoms with Gasteiger partial charge in [-0.3, -0.25) is 4.79 Å². The molecule has 0 bridgehead atoms. The third-order valence-corrected chi connectivity index (χ3v) is 6.17. The predicted octanol–water partition coefficient (Wildman–Crippen LogP) is 6.42. The lowest BCUT2D eigenvalue weighted by molar-refractivity contribution is 0.0970. The van der Waals surface area contributed by atoms with E-state index in [2.05, 4.69) is 10.3 Å². The van der Waals surface area contributed by atoms with E-state index < -0.39 is 11.9 Å². The number of methoxy groups -OCH3 is 3. The van der Waals surface area contributed by atoms with Crippen LogP contribution in [0.5, 0.6) is 23.0 Å². The maximum absolute atomic E-state index is 14.1. The van der Waals surface area contributed by atoms with E-state index in [-0.39, 0.29) is 24.7 Å². The Kier molecular flexibility index (Phi) is 10.4. The molecule has 0 spiro atoms. The van der Waals surface area contributed by atoms with E-state index in [1.165, 1.54) is 39.5 Å². The topological polar surface area (TPSA) is 102 Å². The third kappa shape index (κ3) is 6.55. The molecular formula is C29H32ClFN2O6. The lowest BCUT2D eigenvalue weighted by Gasteiger charge is -2.22. The van der Waals surface area contributed by atoms with E-state index in [1.54, 1.807) is 36.5 Å². The van der Waals surface area contributed by atoms with E-state index in [9.17, 15) is 9.18 Å². The number of aliphatic hydroxyl groups is 1. The van der Waals surface area contributed by atoms with Crippen LogP contribution < -0.4 is 24.3 Å². The number of rotatable bonds is 11. The zero-order valence-electron chi connectivity index (χ0n) is 22.4. The summed E-state index contributed by atoms with van der Waals surface area (Å²) in [6.45, 7) is 3.92. The number of fused-ring (bicyclic) bond motifs is 1. The van der Waals surface area contributed by atoms with Gasteiger partial charge < -0.3 is 34.4 Å². The smallest absolute Gasteiger partial charge is 0.191 e. The summed E-state index contributed by atoms with van der Waals surface area (Å²) in [5, 5.41) is 13.3. The van der Waals surface area contributed by atoms with Crippen LogP contribution in [0.15, 0.2) is 54.7 Å². The summed E-state index contributed by atoms with van der Waals surface area (Å²) in [5.41, 5.74) is 1.83. The van der Waals surface area contributed by atoms with Gasteiger partial charge in [-0.25, -0.2) is 4.39 Å². The third-order valence-electron chi connectivity index (χ3n) is 5.80. The number of nitrogens with one attached hydrogen (secondary N) is 2. The molecule has 4 aromatic rings. The van der Waals surface area contributed by atoms with E-state index >= 15 is 0 Å². The summed E-state index contributed by atoms with van der Waals surface area (Å²) in [6, 6.07) is 11.4. The Balaban J connectivity index is 0.00000205. The van der Waals surface area contributed by atoms with Crippen LogP contribution in [-0.4, -0.2) is 50.4 Å². The average Bonchev–Trinajstić information content (AvgIpc) is 3.40. The summed E-state index contributed by atoms with van der Waals surface area (Å²) in [7, 11) is 4.42. The van der Waals surface area contributed by atoms with Gasteiger partial charge in [-0.15, -0.1) is 0 Å². The molecule has 10 heteroatoms. The molecule has 3 N–H and O–H groups in total. The number of hydrogen-bond donors (Lipinski definition) is 3. The van der Waals surface area contributed by atoms with Crippen LogP contribution >= 0.6 is 11.6 Å². The highest BCUT2D eigenvalue weighted by molar-refractivity contribution is 6.37. The minimum atomic E-state index is -0.992. The van der Waals surface area contributed by atoms with E-state index in [4.69, 9.17) is 35.7 Å². The summed E-state index contributed by atoms with van der Waals surface area (Å²) in [5.74, 6) is 0.749. The Morgan fingerprint density at radius 3 is 2.38 bits per heavy atom. The molecule has 8 nitrogen and oxygen atoms in total. The first-order chi connectivity index (χ1) is 18.9. The van der Waals surface area contributed by atoms with Gasteiger partial charge in [-0.2, -0.15) is 0 Å². The molecule has 1 heterocycles. The largest absolute Gasteiger partial charge is 0.497 e. The molecule has 0 saturated carbocycles. The number of aromatic amines is 1. The van der Waals surface area contributed by atoms with Crippen molar-refractivity contribution < 1.29 is 33.2 Å². The summed E-state index contributed by atoms with van der Waals surface area (Å²) < 4.78 is 35.6. The molecule has 1 aromatic heterocycles.